The van der Waals surface area contributed by atoms with Crippen molar-refractivity contribution >= 4 is 0 Å². The highest BCUT2D eigenvalue weighted by Crippen LogP contribution is 2.44. The summed E-state index contributed by atoms with van der Waals surface area (Å²) in [6, 6.07) is 0. The van der Waals surface area contributed by atoms with Crippen molar-refractivity contribution < 1.29 is 9.47 Å². The highest BCUT2D eigenvalue weighted by atomic mass is 16.9. The molecule has 0 radical (unpaired) electrons. The third kappa shape index (κ3) is 24.1. The first-order valence-electron chi connectivity index (χ1n) is 20.7. The summed E-state index contributed by atoms with van der Waals surface area (Å²) in [5, 5.41) is 0. The molecule has 0 spiro atoms. The van der Waals surface area contributed by atoms with E-state index < -0.39 is 0 Å². The molecule has 1 aliphatic heterocycles. The highest BCUT2D eigenvalue weighted by molar-refractivity contribution is 4.83. The maximum absolute atomic E-state index is 6.36. The molecule has 0 bridgehead atoms. The lowest BCUT2D eigenvalue weighted by Gasteiger charge is -2.53. The van der Waals surface area contributed by atoms with Crippen molar-refractivity contribution in [2.45, 2.75) is 259 Å². The minimum Gasteiger partial charge on any atom is -0.319 e. The van der Waals surface area contributed by atoms with Crippen LogP contribution in [0.5, 0.6) is 0 Å². The Balaban J connectivity index is 1.98. The van der Waals surface area contributed by atoms with Gasteiger partial charge >= 0.3 is 0 Å². The van der Waals surface area contributed by atoms with Gasteiger partial charge in [0.25, 0.3) is 0 Å². The van der Waals surface area contributed by atoms with Gasteiger partial charge in [-0.05, 0) is 38.5 Å². The van der Waals surface area contributed by atoms with Gasteiger partial charge in [-0.2, -0.15) is 0 Å². The van der Waals surface area contributed by atoms with Crippen molar-refractivity contribution in [2.24, 2.45) is 11.8 Å². The van der Waals surface area contributed by atoms with E-state index in [0.717, 1.165) is 24.7 Å². The molecule has 44 heavy (non-hydrogen) atoms. The lowest BCUT2D eigenvalue weighted by molar-refractivity contribution is -0.501. The lowest BCUT2D eigenvalue weighted by atomic mass is 9.94. The standard InChI is InChI=1S/C42H84O2/c1-7-9-11-13-15-21-27-33-39(3)35-29-23-17-19-25-31-37-42(43-41(5,6)44-42)38-32-26-20-18-24-30-36-40(4)34-28-22-16-14-12-10-8-2/h39-40H,7-38H2,1-6H3. The van der Waals surface area contributed by atoms with Crippen molar-refractivity contribution in [2.75, 3.05) is 0 Å². The summed E-state index contributed by atoms with van der Waals surface area (Å²) in [6.07, 6.45) is 44.5. The van der Waals surface area contributed by atoms with E-state index in [1.807, 2.05) is 0 Å². The molecular formula is C42H84O2. The van der Waals surface area contributed by atoms with Crippen LogP contribution in [-0.2, 0) is 9.47 Å². The Morgan fingerprint density at radius 2 is 0.614 bits per heavy atom. The van der Waals surface area contributed by atoms with E-state index in [1.165, 1.54) is 193 Å². The van der Waals surface area contributed by atoms with E-state index in [2.05, 4.69) is 41.5 Å². The second kappa shape index (κ2) is 28.0. The predicted octanol–water partition coefficient (Wildman–Crippen LogP) is 15.3. The minimum absolute atomic E-state index is 0.277. The molecule has 0 aromatic rings. The van der Waals surface area contributed by atoms with Gasteiger partial charge in [0.1, 0.15) is 0 Å². The van der Waals surface area contributed by atoms with Gasteiger partial charge in [0.2, 0.25) is 0 Å². The van der Waals surface area contributed by atoms with Gasteiger partial charge in [0, 0.05) is 12.8 Å². The van der Waals surface area contributed by atoms with Crippen LogP contribution in [-0.4, -0.2) is 11.6 Å². The molecule has 2 heteroatoms. The molecule has 1 heterocycles. The maximum Gasteiger partial charge on any atom is 0.175 e. The second-order valence-corrected chi connectivity index (χ2v) is 15.9. The average molecular weight is 621 g/mol. The summed E-state index contributed by atoms with van der Waals surface area (Å²) in [5.41, 5.74) is 0. The van der Waals surface area contributed by atoms with Crippen molar-refractivity contribution in [1.29, 1.82) is 0 Å². The molecule has 2 nitrogen and oxygen atoms in total. The Bertz CT molecular complexity index is 549. The number of unbranched alkanes of at least 4 members (excludes halogenated alkanes) is 22. The van der Waals surface area contributed by atoms with Gasteiger partial charge < -0.3 is 9.47 Å². The van der Waals surface area contributed by atoms with Crippen molar-refractivity contribution in [3.63, 3.8) is 0 Å². The van der Waals surface area contributed by atoms with Crippen molar-refractivity contribution in [3.8, 4) is 0 Å². The van der Waals surface area contributed by atoms with E-state index in [9.17, 15) is 0 Å². The zero-order chi connectivity index (χ0) is 32.2. The highest BCUT2D eigenvalue weighted by Gasteiger charge is 2.50. The normalized spacial score (nSPS) is 17.0. The summed E-state index contributed by atoms with van der Waals surface area (Å²) >= 11 is 0. The fourth-order valence-corrected chi connectivity index (χ4v) is 7.61. The maximum atomic E-state index is 6.36. The fourth-order valence-electron chi connectivity index (χ4n) is 7.61. The quantitative estimate of drug-likeness (QED) is 0.0666. The summed E-state index contributed by atoms with van der Waals surface area (Å²) < 4.78 is 12.7. The predicted molar refractivity (Wildman–Crippen MR) is 196 cm³/mol. The van der Waals surface area contributed by atoms with Crippen LogP contribution in [0.25, 0.3) is 0 Å². The topological polar surface area (TPSA) is 18.5 Å². The summed E-state index contributed by atoms with van der Waals surface area (Å²) in [7, 11) is 0. The summed E-state index contributed by atoms with van der Waals surface area (Å²) in [5.74, 6) is 1.20. The largest absolute Gasteiger partial charge is 0.319 e. The van der Waals surface area contributed by atoms with Crippen LogP contribution in [0.3, 0.4) is 0 Å². The van der Waals surface area contributed by atoms with E-state index >= 15 is 0 Å². The van der Waals surface area contributed by atoms with Gasteiger partial charge in [-0.25, -0.2) is 0 Å². The molecular weight excluding hydrogens is 536 g/mol. The molecule has 0 aromatic heterocycles. The smallest absolute Gasteiger partial charge is 0.175 e. The Morgan fingerprint density at radius 1 is 0.364 bits per heavy atom. The van der Waals surface area contributed by atoms with Gasteiger partial charge in [-0.3, -0.25) is 0 Å². The summed E-state index contributed by atoms with van der Waals surface area (Å²) in [6.45, 7) is 13.7. The first kappa shape index (κ1) is 41.9. The Labute approximate surface area is 279 Å². The lowest BCUT2D eigenvalue weighted by Crippen LogP contribution is -2.59. The average Bonchev–Trinajstić information content (AvgIpc) is 2.97. The zero-order valence-corrected chi connectivity index (χ0v) is 31.6. The number of hydrogen-bond donors (Lipinski definition) is 0. The molecule has 0 saturated carbocycles. The molecule has 1 rings (SSSR count). The Morgan fingerprint density at radius 3 is 0.886 bits per heavy atom. The molecule has 1 fully saturated rings. The SMILES string of the molecule is CCCCCCCCCC(C)CCCCCCCCC1(CCCCCCCCC(C)CCCCCCCCC)OC(C)(C)O1. The van der Waals surface area contributed by atoms with Crippen LogP contribution < -0.4 is 0 Å². The van der Waals surface area contributed by atoms with Gasteiger partial charge in [0.15, 0.2) is 11.6 Å². The van der Waals surface area contributed by atoms with Crippen LogP contribution in [0.1, 0.15) is 247 Å². The molecule has 0 amide bonds. The molecule has 1 saturated heterocycles. The molecule has 0 aliphatic carbocycles. The molecule has 264 valence electrons. The van der Waals surface area contributed by atoms with Gasteiger partial charge in [-0.15, -0.1) is 0 Å². The second-order valence-electron chi connectivity index (χ2n) is 15.9. The van der Waals surface area contributed by atoms with E-state index in [0.29, 0.717) is 0 Å². The fraction of sp³-hybridized carbons (Fsp3) is 1.00. The molecule has 0 N–H and O–H groups in total. The first-order chi connectivity index (χ1) is 21.3. The van der Waals surface area contributed by atoms with Crippen LogP contribution >= 0.6 is 0 Å². The molecule has 2 atom stereocenters. The van der Waals surface area contributed by atoms with Crippen LogP contribution in [0, 0.1) is 11.8 Å². The number of hydrogen-bond acceptors (Lipinski definition) is 2. The van der Waals surface area contributed by atoms with Gasteiger partial charge in [0.05, 0.1) is 0 Å². The Kier molecular flexibility index (Phi) is 26.7. The zero-order valence-electron chi connectivity index (χ0n) is 31.6. The van der Waals surface area contributed by atoms with Crippen LogP contribution in [0.2, 0.25) is 0 Å². The number of ether oxygens (including phenoxy) is 2. The van der Waals surface area contributed by atoms with Crippen molar-refractivity contribution in [3.05, 3.63) is 0 Å². The summed E-state index contributed by atoms with van der Waals surface area (Å²) in [4.78, 5) is 0. The molecule has 2 unspecified atom stereocenters. The van der Waals surface area contributed by atoms with E-state index in [-0.39, 0.29) is 11.6 Å². The van der Waals surface area contributed by atoms with Crippen LogP contribution in [0.15, 0.2) is 0 Å². The monoisotopic (exact) mass is 621 g/mol. The Hall–Kier alpha value is -0.0800. The van der Waals surface area contributed by atoms with Crippen molar-refractivity contribution in [1.82, 2.24) is 0 Å². The number of rotatable bonds is 34. The first-order valence-corrected chi connectivity index (χ1v) is 20.7. The van der Waals surface area contributed by atoms with Gasteiger partial charge in [-0.1, -0.05) is 207 Å². The molecule has 1 aliphatic rings. The minimum atomic E-state index is -0.377. The molecule has 0 aromatic carbocycles. The van der Waals surface area contributed by atoms with E-state index in [1.54, 1.807) is 0 Å². The third-order valence-electron chi connectivity index (χ3n) is 10.5. The van der Waals surface area contributed by atoms with Crippen LogP contribution in [0.4, 0.5) is 0 Å². The van der Waals surface area contributed by atoms with E-state index in [4.69, 9.17) is 9.47 Å². The third-order valence-corrected chi connectivity index (χ3v) is 10.5.